The molecule has 1 aliphatic rings. The molecule has 0 saturated carbocycles. The molecule has 92 valence electrons. The summed E-state index contributed by atoms with van der Waals surface area (Å²) in [5, 5.41) is -1.24. The molecule has 0 spiro atoms. The van der Waals surface area contributed by atoms with Gasteiger partial charge in [0, 0.05) is 19.2 Å². The highest BCUT2D eigenvalue weighted by molar-refractivity contribution is 7.87. The van der Waals surface area contributed by atoms with Crippen molar-refractivity contribution in [2.45, 2.75) is 11.7 Å². The maximum absolute atomic E-state index is 12.8. The average Bonchev–Trinajstić information content (AvgIpc) is 2.60. The van der Waals surface area contributed by atoms with E-state index in [1.165, 1.54) is 12.3 Å². The van der Waals surface area contributed by atoms with Crippen molar-refractivity contribution in [3.8, 4) is 0 Å². The SMILES string of the molecule is O=C1CC(S(=O)(=O)F)CN1c1nccc(Cl)n1. The summed E-state index contributed by atoms with van der Waals surface area (Å²) in [5.41, 5.74) is 0. The number of rotatable bonds is 2. The molecular weight excluding hydrogens is 273 g/mol. The largest absolute Gasteiger partial charge is 0.307 e. The Hall–Kier alpha value is -1.28. The molecule has 0 radical (unpaired) electrons. The van der Waals surface area contributed by atoms with Gasteiger partial charge in [-0.25, -0.2) is 9.97 Å². The van der Waals surface area contributed by atoms with E-state index in [9.17, 15) is 17.1 Å². The summed E-state index contributed by atoms with van der Waals surface area (Å²) in [5.74, 6) is -0.563. The molecule has 1 aromatic heterocycles. The average molecular weight is 280 g/mol. The molecule has 1 saturated heterocycles. The molecule has 0 bridgehead atoms. The molecule has 0 N–H and O–H groups in total. The van der Waals surface area contributed by atoms with Crippen LogP contribution in [0.3, 0.4) is 0 Å². The van der Waals surface area contributed by atoms with Crippen LogP contribution in [-0.4, -0.2) is 36.1 Å². The molecule has 0 aromatic carbocycles. The topological polar surface area (TPSA) is 80.2 Å². The lowest BCUT2D eigenvalue weighted by molar-refractivity contribution is -0.117. The lowest BCUT2D eigenvalue weighted by Gasteiger charge is -2.12. The van der Waals surface area contributed by atoms with Crippen molar-refractivity contribution in [1.29, 1.82) is 0 Å². The van der Waals surface area contributed by atoms with Crippen molar-refractivity contribution in [1.82, 2.24) is 9.97 Å². The Morgan fingerprint density at radius 3 is 2.76 bits per heavy atom. The first-order valence-corrected chi connectivity index (χ1v) is 6.43. The van der Waals surface area contributed by atoms with E-state index in [0.29, 0.717) is 0 Å². The summed E-state index contributed by atoms with van der Waals surface area (Å²) in [6.45, 7) is -0.294. The molecule has 1 amide bonds. The molecule has 6 nitrogen and oxygen atoms in total. The summed E-state index contributed by atoms with van der Waals surface area (Å²) in [7, 11) is -4.74. The van der Waals surface area contributed by atoms with Crippen LogP contribution in [0.1, 0.15) is 6.42 Å². The summed E-state index contributed by atoms with van der Waals surface area (Å²) in [4.78, 5) is 20.1. The van der Waals surface area contributed by atoms with Gasteiger partial charge >= 0.3 is 10.2 Å². The number of hydrogen-bond donors (Lipinski definition) is 0. The van der Waals surface area contributed by atoms with Crippen molar-refractivity contribution < 1.29 is 17.1 Å². The molecule has 1 fully saturated rings. The first-order chi connectivity index (χ1) is 7.88. The molecule has 1 atom stereocenters. The number of amides is 1. The van der Waals surface area contributed by atoms with Crippen LogP contribution in [0.4, 0.5) is 9.83 Å². The second kappa shape index (κ2) is 4.19. The van der Waals surface area contributed by atoms with Gasteiger partial charge in [-0.1, -0.05) is 11.6 Å². The predicted molar refractivity (Wildman–Crippen MR) is 57.8 cm³/mol. The van der Waals surface area contributed by atoms with Crippen molar-refractivity contribution in [2.75, 3.05) is 11.4 Å². The van der Waals surface area contributed by atoms with Gasteiger partial charge in [-0.05, 0) is 6.07 Å². The summed E-state index contributed by atoms with van der Waals surface area (Å²) in [6, 6.07) is 1.41. The van der Waals surface area contributed by atoms with E-state index in [4.69, 9.17) is 11.6 Å². The number of hydrogen-bond acceptors (Lipinski definition) is 5. The normalized spacial score (nSPS) is 20.9. The fraction of sp³-hybridized carbons (Fsp3) is 0.375. The fourth-order valence-electron chi connectivity index (χ4n) is 1.51. The van der Waals surface area contributed by atoms with Gasteiger partial charge in [-0.15, -0.1) is 3.89 Å². The zero-order valence-corrected chi connectivity index (χ0v) is 9.95. The van der Waals surface area contributed by atoms with E-state index in [1.807, 2.05) is 0 Å². The number of anilines is 1. The van der Waals surface area contributed by atoms with Gasteiger partial charge in [-0.2, -0.15) is 8.42 Å². The Bertz CT molecular complexity index is 565. The van der Waals surface area contributed by atoms with Gasteiger partial charge in [0.2, 0.25) is 11.9 Å². The van der Waals surface area contributed by atoms with Crippen LogP contribution in [0, 0.1) is 0 Å². The summed E-state index contributed by atoms with van der Waals surface area (Å²) < 4.78 is 34.2. The highest BCUT2D eigenvalue weighted by Crippen LogP contribution is 2.23. The predicted octanol–water partition coefficient (Wildman–Crippen LogP) is 0.535. The molecule has 2 rings (SSSR count). The monoisotopic (exact) mass is 279 g/mol. The Labute approximate surface area is 102 Å². The van der Waals surface area contributed by atoms with Gasteiger partial charge in [0.15, 0.2) is 0 Å². The zero-order chi connectivity index (χ0) is 12.6. The van der Waals surface area contributed by atoms with E-state index in [-0.39, 0.29) is 17.6 Å². The first-order valence-electron chi connectivity index (χ1n) is 4.60. The van der Waals surface area contributed by atoms with E-state index in [1.54, 1.807) is 0 Å². The molecule has 1 aliphatic heterocycles. The van der Waals surface area contributed by atoms with Crippen LogP contribution in [0.25, 0.3) is 0 Å². The maximum atomic E-state index is 12.8. The molecule has 17 heavy (non-hydrogen) atoms. The Morgan fingerprint density at radius 1 is 1.53 bits per heavy atom. The van der Waals surface area contributed by atoms with Crippen LogP contribution in [0.2, 0.25) is 5.15 Å². The van der Waals surface area contributed by atoms with E-state index < -0.39 is 27.8 Å². The maximum Gasteiger partial charge on any atom is 0.307 e. The number of halogens is 2. The first kappa shape index (κ1) is 12.2. The standard InChI is InChI=1S/C8H7ClFN3O3S/c9-6-1-2-11-8(12-6)13-4-5(3-7(13)14)17(10,15)16/h1-2,5H,3-4H2. The van der Waals surface area contributed by atoms with Crippen LogP contribution in [-0.2, 0) is 15.0 Å². The molecule has 9 heteroatoms. The van der Waals surface area contributed by atoms with E-state index in [0.717, 1.165) is 4.90 Å². The zero-order valence-electron chi connectivity index (χ0n) is 8.38. The van der Waals surface area contributed by atoms with Crippen molar-refractivity contribution in [2.24, 2.45) is 0 Å². The summed E-state index contributed by atoms with van der Waals surface area (Å²) in [6.07, 6.45) is 0.921. The molecule has 1 unspecified atom stereocenters. The van der Waals surface area contributed by atoms with Crippen LogP contribution in [0.5, 0.6) is 0 Å². The van der Waals surface area contributed by atoms with E-state index >= 15 is 0 Å². The number of carbonyl (C=O) groups is 1. The van der Waals surface area contributed by atoms with Crippen molar-refractivity contribution >= 4 is 33.7 Å². The molecular formula is C8H7ClFN3O3S. The van der Waals surface area contributed by atoms with Gasteiger partial charge in [-0.3, -0.25) is 9.69 Å². The fourth-order valence-corrected chi connectivity index (χ4v) is 2.31. The molecule has 1 aromatic rings. The van der Waals surface area contributed by atoms with Crippen LogP contribution >= 0.6 is 11.6 Å². The third kappa shape index (κ3) is 2.52. The van der Waals surface area contributed by atoms with Crippen molar-refractivity contribution in [3.63, 3.8) is 0 Å². The van der Waals surface area contributed by atoms with Gasteiger partial charge in [0.05, 0.1) is 0 Å². The van der Waals surface area contributed by atoms with Gasteiger partial charge in [0.25, 0.3) is 0 Å². The van der Waals surface area contributed by atoms with E-state index in [2.05, 4.69) is 9.97 Å². The third-order valence-electron chi connectivity index (χ3n) is 2.34. The van der Waals surface area contributed by atoms with Gasteiger partial charge < -0.3 is 0 Å². The van der Waals surface area contributed by atoms with Crippen LogP contribution < -0.4 is 4.90 Å². The Balaban J connectivity index is 2.28. The Morgan fingerprint density at radius 2 is 2.24 bits per heavy atom. The van der Waals surface area contributed by atoms with Crippen LogP contribution in [0.15, 0.2) is 12.3 Å². The minimum atomic E-state index is -4.74. The summed E-state index contributed by atoms with van der Waals surface area (Å²) >= 11 is 5.62. The highest BCUT2D eigenvalue weighted by atomic mass is 35.5. The lowest BCUT2D eigenvalue weighted by Crippen LogP contribution is -2.28. The number of aromatic nitrogens is 2. The van der Waals surface area contributed by atoms with Gasteiger partial charge in [0.1, 0.15) is 10.4 Å². The second-order valence-electron chi connectivity index (χ2n) is 3.49. The smallest absolute Gasteiger partial charge is 0.279 e. The lowest BCUT2D eigenvalue weighted by atomic mass is 10.4. The molecule has 2 heterocycles. The number of nitrogens with zero attached hydrogens (tertiary/aromatic N) is 3. The quantitative estimate of drug-likeness (QED) is 0.583. The second-order valence-corrected chi connectivity index (χ2v) is 5.49. The third-order valence-corrected chi connectivity index (χ3v) is 3.66. The number of carbonyl (C=O) groups excluding carboxylic acids is 1. The Kier molecular flexibility index (Phi) is 3.00. The highest BCUT2D eigenvalue weighted by Gasteiger charge is 2.40. The minimum absolute atomic E-state index is 0.0198. The minimum Gasteiger partial charge on any atom is -0.279 e. The molecule has 0 aliphatic carbocycles. The van der Waals surface area contributed by atoms with Crippen molar-refractivity contribution in [3.05, 3.63) is 17.4 Å².